The fraction of sp³-hybridized carbons (Fsp3) is 0.350. The fourth-order valence-electron chi connectivity index (χ4n) is 2.49. The van der Waals surface area contributed by atoms with E-state index >= 15 is 0 Å². The lowest BCUT2D eigenvalue weighted by molar-refractivity contribution is 0.414. The standard InChI is InChI=1S/C20H28N4O/c1-15-12-18(24(3)4)9-8-17(15)14-23-20(21-2)22-13-16-6-10-19(25-5)11-7-16/h6-12H,13-14H2,1-5H3,(H2,21,22,23). The Morgan fingerprint density at radius 1 is 1.04 bits per heavy atom. The van der Waals surface area contributed by atoms with E-state index in [4.69, 9.17) is 4.74 Å². The number of methoxy groups -OCH3 is 1. The van der Waals surface area contributed by atoms with E-state index in [9.17, 15) is 0 Å². The third-order valence-corrected chi connectivity index (χ3v) is 4.13. The molecule has 0 aliphatic carbocycles. The molecule has 2 aromatic rings. The van der Waals surface area contributed by atoms with Gasteiger partial charge in [-0.25, -0.2) is 0 Å². The van der Waals surface area contributed by atoms with Crippen molar-refractivity contribution < 1.29 is 4.74 Å². The average molecular weight is 340 g/mol. The van der Waals surface area contributed by atoms with Gasteiger partial charge in [0.1, 0.15) is 5.75 Å². The van der Waals surface area contributed by atoms with Crippen molar-refractivity contribution in [2.24, 2.45) is 4.99 Å². The van der Waals surface area contributed by atoms with Crippen molar-refractivity contribution in [3.8, 4) is 5.75 Å². The molecule has 2 N–H and O–H groups in total. The molecule has 0 fully saturated rings. The first kappa shape index (κ1) is 18.6. The van der Waals surface area contributed by atoms with E-state index < -0.39 is 0 Å². The van der Waals surface area contributed by atoms with E-state index in [0.717, 1.165) is 18.3 Å². The molecule has 0 atom stereocenters. The highest BCUT2D eigenvalue weighted by Crippen LogP contribution is 2.17. The van der Waals surface area contributed by atoms with Crippen LogP contribution in [0.3, 0.4) is 0 Å². The summed E-state index contributed by atoms with van der Waals surface area (Å²) in [7, 11) is 7.56. The number of hydrogen-bond donors (Lipinski definition) is 2. The van der Waals surface area contributed by atoms with Crippen molar-refractivity contribution in [1.82, 2.24) is 10.6 Å². The molecule has 5 heteroatoms. The minimum atomic E-state index is 0.711. The molecule has 0 bridgehead atoms. The zero-order valence-corrected chi connectivity index (χ0v) is 15.8. The van der Waals surface area contributed by atoms with Crippen molar-refractivity contribution in [2.75, 3.05) is 33.2 Å². The molecule has 0 aliphatic heterocycles. The van der Waals surface area contributed by atoms with Gasteiger partial charge in [-0.05, 0) is 47.9 Å². The lowest BCUT2D eigenvalue weighted by Gasteiger charge is -2.16. The molecule has 2 rings (SSSR count). The van der Waals surface area contributed by atoms with Crippen LogP contribution in [0.15, 0.2) is 47.5 Å². The smallest absolute Gasteiger partial charge is 0.191 e. The summed E-state index contributed by atoms with van der Waals surface area (Å²) in [5.74, 6) is 1.65. The van der Waals surface area contributed by atoms with Crippen LogP contribution in [0.25, 0.3) is 0 Å². The Labute approximate surface area is 150 Å². The maximum absolute atomic E-state index is 5.18. The summed E-state index contributed by atoms with van der Waals surface area (Å²) in [4.78, 5) is 6.40. The van der Waals surface area contributed by atoms with Crippen LogP contribution in [0.4, 0.5) is 5.69 Å². The Morgan fingerprint density at radius 2 is 1.72 bits per heavy atom. The lowest BCUT2D eigenvalue weighted by atomic mass is 10.1. The number of benzene rings is 2. The molecule has 134 valence electrons. The van der Waals surface area contributed by atoms with Gasteiger partial charge >= 0.3 is 0 Å². The zero-order valence-electron chi connectivity index (χ0n) is 15.8. The number of aryl methyl sites for hydroxylation is 1. The van der Waals surface area contributed by atoms with Gasteiger partial charge in [0.05, 0.1) is 7.11 Å². The van der Waals surface area contributed by atoms with Crippen molar-refractivity contribution in [3.63, 3.8) is 0 Å². The minimum Gasteiger partial charge on any atom is -0.497 e. The first-order valence-corrected chi connectivity index (χ1v) is 8.37. The van der Waals surface area contributed by atoms with Crippen LogP contribution in [0.2, 0.25) is 0 Å². The van der Waals surface area contributed by atoms with Gasteiger partial charge in [0.15, 0.2) is 5.96 Å². The van der Waals surface area contributed by atoms with E-state index in [1.165, 1.54) is 22.4 Å². The predicted molar refractivity (Wildman–Crippen MR) is 106 cm³/mol. The van der Waals surface area contributed by atoms with Gasteiger partial charge in [0.2, 0.25) is 0 Å². The van der Waals surface area contributed by atoms with E-state index in [0.29, 0.717) is 6.54 Å². The summed E-state index contributed by atoms with van der Waals surface area (Å²) < 4.78 is 5.18. The molecule has 5 nitrogen and oxygen atoms in total. The highest BCUT2D eigenvalue weighted by molar-refractivity contribution is 5.79. The highest BCUT2D eigenvalue weighted by atomic mass is 16.5. The van der Waals surface area contributed by atoms with Gasteiger partial charge in [-0.15, -0.1) is 0 Å². The van der Waals surface area contributed by atoms with Crippen LogP contribution in [-0.4, -0.2) is 34.2 Å². The molecule has 0 amide bonds. The Kier molecular flexibility index (Phi) is 6.69. The number of hydrogen-bond acceptors (Lipinski definition) is 3. The molecule has 0 aliphatic rings. The van der Waals surface area contributed by atoms with Crippen LogP contribution >= 0.6 is 0 Å². The Morgan fingerprint density at radius 3 is 2.28 bits per heavy atom. The normalized spacial score (nSPS) is 11.2. The number of nitrogens with one attached hydrogen (secondary N) is 2. The number of nitrogens with zero attached hydrogens (tertiary/aromatic N) is 2. The van der Waals surface area contributed by atoms with Crippen LogP contribution in [0.5, 0.6) is 5.75 Å². The summed E-state index contributed by atoms with van der Waals surface area (Å²) >= 11 is 0. The number of ether oxygens (including phenoxy) is 1. The third kappa shape index (κ3) is 5.41. The van der Waals surface area contributed by atoms with Crippen molar-refractivity contribution in [2.45, 2.75) is 20.0 Å². The summed E-state index contributed by atoms with van der Waals surface area (Å²) in [6, 6.07) is 14.5. The summed E-state index contributed by atoms with van der Waals surface area (Å²) in [6.07, 6.45) is 0. The topological polar surface area (TPSA) is 48.9 Å². The van der Waals surface area contributed by atoms with Crippen LogP contribution in [-0.2, 0) is 13.1 Å². The molecule has 2 aromatic carbocycles. The molecule has 0 unspecified atom stereocenters. The Bertz CT molecular complexity index is 708. The quantitative estimate of drug-likeness (QED) is 0.627. The molecule has 0 spiro atoms. The van der Waals surface area contributed by atoms with Crippen LogP contribution in [0, 0.1) is 6.92 Å². The maximum Gasteiger partial charge on any atom is 0.191 e. The summed E-state index contributed by atoms with van der Waals surface area (Å²) in [5, 5.41) is 6.70. The average Bonchev–Trinajstić information content (AvgIpc) is 2.63. The number of aliphatic imine (C=N–C) groups is 1. The van der Waals surface area contributed by atoms with Gasteiger partial charge in [-0.2, -0.15) is 0 Å². The van der Waals surface area contributed by atoms with Gasteiger partial charge in [-0.3, -0.25) is 4.99 Å². The Hall–Kier alpha value is -2.69. The first-order chi connectivity index (χ1) is 12.0. The molecule has 0 saturated carbocycles. The van der Waals surface area contributed by atoms with E-state index in [1.54, 1.807) is 14.2 Å². The molecule has 25 heavy (non-hydrogen) atoms. The molecule has 0 aromatic heterocycles. The van der Waals surface area contributed by atoms with E-state index in [-0.39, 0.29) is 0 Å². The van der Waals surface area contributed by atoms with Crippen LogP contribution in [0.1, 0.15) is 16.7 Å². The van der Waals surface area contributed by atoms with Crippen molar-refractivity contribution >= 4 is 11.6 Å². The van der Waals surface area contributed by atoms with Gasteiger partial charge in [-0.1, -0.05) is 18.2 Å². The SMILES string of the molecule is CN=C(NCc1ccc(OC)cc1)NCc1ccc(N(C)C)cc1C. The zero-order chi connectivity index (χ0) is 18.2. The highest BCUT2D eigenvalue weighted by Gasteiger charge is 2.04. The lowest BCUT2D eigenvalue weighted by Crippen LogP contribution is -2.36. The largest absolute Gasteiger partial charge is 0.497 e. The van der Waals surface area contributed by atoms with Gasteiger partial charge in [0.25, 0.3) is 0 Å². The van der Waals surface area contributed by atoms with Crippen molar-refractivity contribution in [1.29, 1.82) is 0 Å². The van der Waals surface area contributed by atoms with Gasteiger partial charge in [0, 0.05) is 39.9 Å². The number of guanidine groups is 1. The van der Waals surface area contributed by atoms with E-state index in [2.05, 4.69) is 59.7 Å². The number of anilines is 1. The second kappa shape index (κ2) is 8.97. The third-order valence-electron chi connectivity index (χ3n) is 4.13. The predicted octanol–water partition coefficient (Wildman–Crippen LogP) is 2.93. The molecular weight excluding hydrogens is 312 g/mol. The second-order valence-corrected chi connectivity index (χ2v) is 6.13. The van der Waals surface area contributed by atoms with Crippen molar-refractivity contribution in [3.05, 3.63) is 59.2 Å². The van der Waals surface area contributed by atoms with Crippen LogP contribution < -0.4 is 20.3 Å². The summed E-state index contributed by atoms with van der Waals surface area (Å²) in [6.45, 7) is 3.58. The Balaban J connectivity index is 1.89. The second-order valence-electron chi connectivity index (χ2n) is 6.13. The monoisotopic (exact) mass is 340 g/mol. The molecule has 0 saturated heterocycles. The molecule has 0 radical (unpaired) electrons. The summed E-state index contributed by atoms with van der Waals surface area (Å²) in [5.41, 5.74) is 4.92. The van der Waals surface area contributed by atoms with E-state index in [1.807, 2.05) is 24.3 Å². The molecular formula is C20H28N4O. The first-order valence-electron chi connectivity index (χ1n) is 8.37. The number of rotatable bonds is 6. The fourth-order valence-corrected chi connectivity index (χ4v) is 2.49. The maximum atomic E-state index is 5.18. The van der Waals surface area contributed by atoms with Gasteiger partial charge < -0.3 is 20.3 Å². The minimum absolute atomic E-state index is 0.711. The molecule has 0 heterocycles.